The highest BCUT2D eigenvalue weighted by Crippen LogP contribution is 2.21. The van der Waals surface area contributed by atoms with Crippen molar-refractivity contribution >= 4 is 17.7 Å². The molecule has 3 nitrogen and oxygen atoms in total. The molecule has 1 fully saturated rings. The zero-order valence-corrected chi connectivity index (χ0v) is 14.7. The number of nitrogens with zero attached hydrogens (tertiary/aromatic N) is 1. The van der Waals surface area contributed by atoms with Crippen LogP contribution in [0, 0.1) is 24.1 Å². The Bertz CT molecular complexity index is 547. The Kier molecular flexibility index (Phi) is 8.14. The highest BCUT2D eigenvalue weighted by atomic mass is 32.2. The number of terminal acetylenes is 1. The van der Waals surface area contributed by atoms with E-state index in [0.29, 0.717) is 25.6 Å². The van der Waals surface area contributed by atoms with Crippen molar-refractivity contribution in [1.82, 2.24) is 4.90 Å². The lowest BCUT2D eigenvalue weighted by Crippen LogP contribution is -2.39. The van der Waals surface area contributed by atoms with Crippen LogP contribution in [0.5, 0.6) is 0 Å². The zero-order chi connectivity index (χ0) is 17.2. The summed E-state index contributed by atoms with van der Waals surface area (Å²) in [7, 11) is 0. The van der Waals surface area contributed by atoms with Crippen molar-refractivity contribution in [2.24, 2.45) is 5.92 Å². The second-order valence-electron chi connectivity index (χ2n) is 5.95. The summed E-state index contributed by atoms with van der Waals surface area (Å²) >= 11 is 1.66. The van der Waals surface area contributed by atoms with Gasteiger partial charge in [0.15, 0.2) is 0 Å². The maximum Gasteiger partial charge on any atom is 0.222 e. The van der Waals surface area contributed by atoms with Crippen LogP contribution in [0.2, 0.25) is 0 Å². The number of halogens is 1. The van der Waals surface area contributed by atoms with E-state index in [4.69, 9.17) is 11.2 Å². The van der Waals surface area contributed by atoms with Gasteiger partial charge in [0.25, 0.3) is 0 Å². The molecule has 0 saturated carbocycles. The van der Waals surface area contributed by atoms with Crippen molar-refractivity contribution in [3.63, 3.8) is 0 Å². The van der Waals surface area contributed by atoms with Crippen molar-refractivity contribution in [3.8, 4) is 12.3 Å². The SMILES string of the molecule is C#CCOCC1CCN(C(=O)CCCSc2ccc(F)cc2)CC1. The summed E-state index contributed by atoms with van der Waals surface area (Å²) in [5, 5.41) is 0. The van der Waals surface area contributed by atoms with Crippen LogP contribution in [0.1, 0.15) is 25.7 Å². The summed E-state index contributed by atoms with van der Waals surface area (Å²) < 4.78 is 18.2. The summed E-state index contributed by atoms with van der Waals surface area (Å²) in [4.78, 5) is 15.2. The van der Waals surface area contributed by atoms with Crippen LogP contribution in [0.4, 0.5) is 4.39 Å². The maximum atomic E-state index is 12.8. The molecule has 1 heterocycles. The number of amides is 1. The van der Waals surface area contributed by atoms with E-state index < -0.39 is 0 Å². The third kappa shape index (κ3) is 6.54. The molecule has 2 rings (SSSR count). The molecule has 0 unspecified atom stereocenters. The van der Waals surface area contributed by atoms with Gasteiger partial charge in [-0.1, -0.05) is 5.92 Å². The van der Waals surface area contributed by atoms with E-state index in [0.717, 1.165) is 43.0 Å². The summed E-state index contributed by atoms with van der Waals surface area (Å²) in [6.07, 6.45) is 8.55. The Morgan fingerprint density at radius 3 is 2.71 bits per heavy atom. The first-order valence-corrected chi connectivity index (χ1v) is 9.35. The predicted octanol–water partition coefficient (Wildman–Crippen LogP) is 3.59. The maximum absolute atomic E-state index is 12.8. The number of likely N-dealkylation sites (tertiary alicyclic amines) is 1. The Labute approximate surface area is 147 Å². The molecule has 0 aromatic heterocycles. The number of benzene rings is 1. The number of hydrogen-bond donors (Lipinski definition) is 0. The normalized spacial score (nSPS) is 15.2. The van der Waals surface area contributed by atoms with E-state index in [1.54, 1.807) is 23.9 Å². The first-order valence-electron chi connectivity index (χ1n) is 8.36. The van der Waals surface area contributed by atoms with Crippen molar-refractivity contribution in [1.29, 1.82) is 0 Å². The molecular formula is C19H24FNO2S. The second kappa shape index (κ2) is 10.4. The van der Waals surface area contributed by atoms with Crippen molar-refractivity contribution in [3.05, 3.63) is 30.1 Å². The third-order valence-electron chi connectivity index (χ3n) is 4.12. The largest absolute Gasteiger partial charge is 0.369 e. The number of carbonyl (C=O) groups excluding carboxylic acids is 1. The van der Waals surface area contributed by atoms with Crippen LogP contribution in [-0.4, -0.2) is 42.9 Å². The van der Waals surface area contributed by atoms with Crippen LogP contribution >= 0.6 is 11.8 Å². The minimum absolute atomic E-state index is 0.220. The Morgan fingerprint density at radius 1 is 1.33 bits per heavy atom. The molecule has 0 spiro atoms. The molecule has 0 radical (unpaired) electrons. The lowest BCUT2D eigenvalue weighted by Gasteiger charge is -2.31. The van der Waals surface area contributed by atoms with Crippen molar-refractivity contribution in [2.45, 2.75) is 30.6 Å². The monoisotopic (exact) mass is 349 g/mol. The van der Waals surface area contributed by atoms with E-state index in [-0.39, 0.29) is 11.7 Å². The third-order valence-corrected chi connectivity index (χ3v) is 5.22. The highest BCUT2D eigenvalue weighted by molar-refractivity contribution is 7.99. The van der Waals surface area contributed by atoms with Gasteiger partial charge < -0.3 is 9.64 Å². The van der Waals surface area contributed by atoms with Gasteiger partial charge in [-0.2, -0.15) is 0 Å². The first-order chi connectivity index (χ1) is 11.7. The molecule has 24 heavy (non-hydrogen) atoms. The molecule has 0 atom stereocenters. The van der Waals surface area contributed by atoms with Crippen LogP contribution in [0.3, 0.4) is 0 Å². The molecular weight excluding hydrogens is 325 g/mol. The van der Waals surface area contributed by atoms with E-state index in [1.165, 1.54) is 12.1 Å². The number of ether oxygens (including phenoxy) is 1. The average Bonchev–Trinajstić information content (AvgIpc) is 2.61. The average molecular weight is 349 g/mol. The van der Waals surface area contributed by atoms with Gasteiger partial charge in [0, 0.05) is 24.4 Å². The molecule has 1 aliphatic rings. The topological polar surface area (TPSA) is 29.5 Å². The van der Waals surface area contributed by atoms with Gasteiger partial charge in [-0.15, -0.1) is 18.2 Å². The van der Waals surface area contributed by atoms with Crippen LogP contribution in [0.15, 0.2) is 29.2 Å². The predicted molar refractivity (Wildman–Crippen MR) is 95.3 cm³/mol. The fourth-order valence-corrected chi connectivity index (χ4v) is 3.59. The van der Waals surface area contributed by atoms with E-state index in [2.05, 4.69) is 5.92 Å². The second-order valence-corrected chi connectivity index (χ2v) is 7.12. The molecule has 5 heteroatoms. The lowest BCUT2D eigenvalue weighted by molar-refractivity contribution is -0.132. The molecule has 130 valence electrons. The Balaban J connectivity index is 1.58. The highest BCUT2D eigenvalue weighted by Gasteiger charge is 2.22. The van der Waals surface area contributed by atoms with Crippen LogP contribution in [0.25, 0.3) is 0 Å². The van der Waals surface area contributed by atoms with Crippen LogP contribution < -0.4 is 0 Å². The van der Waals surface area contributed by atoms with Gasteiger partial charge in [-0.3, -0.25) is 4.79 Å². The molecule has 0 aliphatic carbocycles. The van der Waals surface area contributed by atoms with E-state index >= 15 is 0 Å². The first kappa shape index (κ1) is 18.8. The summed E-state index contributed by atoms with van der Waals surface area (Å²) in [5.41, 5.74) is 0. The Morgan fingerprint density at radius 2 is 2.04 bits per heavy atom. The molecule has 1 saturated heterocycles. The number of thioether (sulfide) groups is 1. The minimum Gasteiger partial charge on any atom is -0.369 e. The molecule has 1 aliphatic heterocycles. The van der Waals surface area contributed by atoms with Crippen LogP contribution in [-0.2, 0) is 9.53 Å². The van der Waals surface area contributed by atoms with Gasteiger partial charge in [0.1, 0.15) is 12.4 Å². The van der Waals surface area contributed by atoms with Crippen molar-refractivity contribution in [2.75, 3.05) is 32.1 Å². The fourth-order valence-electron chi connectivity index (χ4n) is 2.74. The van der Waals surface area contributed by atoms with Gasteiger partial charge in [0.2, 0.25) is 5.91 Å². The quantitative estimate of drug-likeness (QED) is 0.408. The van der Waals surface area contributed by atoms with E-state index in [9.17, 15) is 9.18 Å². The smallest absolute Gasteiger partial charge is 0.222 e. The summed E-state index contributed by atoms with van der Waals surface area (Å²) in [6.45, 7) is 2.69. The summed E-state index contributed by atoms with van der Waals surface area (Å²) in [5.74, 6) is 3.86. The number of carbonyl (C=O) groups is 1. The lowest BCUT2D eigenvalue weighted by atomic mass is 9.97. The molecule has 1 amide bonds. The van der Waals surface area contributed by atoms with Gasteiger partial charge in [0.05, 0.1) is 6.61 Å². The summed E-state index contributed by atoms with van der Waals surface area (Å²) in [6, 6.07) is 6.47. The standard InChI is InChI=1S/C19H24FNO2S/c1-2-13-23-15-16-9-11-21(12-10-16)19(22)4-3-14-24-18-7-5-17(20)6-8-18/h1,5-8,16H,3-4,9-15H2. The molecule has 1 aromatic carbocycles. The molecule has 0 N–H and O–H groups in total. The number of rotatable bonds is 8. The van der Waals surface area contributed by atoms with Gasteiger partial charge in [-0.25, -0.2) is 4.39 Å². The Hall–Kier alpha value is -1.51. The van der Waals surface area contributed by atoms with Gasteiger partial charge >= 0.3 is 0 Å². The number of hydrogen-bond acceptors (Lipinski definition) is 3. The zero-order valence-electron chi connectivity index (χ0n) is 13.9. The fraction of sp³-hybridized carbons (Fsp3) is 0.526. The minimum atomic E-state index is -0.220. The van der Waals surface area contributed by atoms with E-state index in [1.807, 2.05) is 4.90 Å². The molecule has 0 bridgehead atoms. The number of piperidine rings is 1. The molecule has 1 aromatic rings. The van der Waals surface area contributed by atoms with Crippen molar-refractivity contribution < 1.29 is 13.9 Å². The van der Waals surface area contributed by atoms with Gasteiger partial charge in [-0.05, 0) is 55.2 Å².